The molecule has 3 rings (SSSR count). The van der Waals surface area contributed by atoms with Gasteiger partial charge in [-0.05, 0) is 12.8 Å². The van der Waals surface area contributed by atoms with Gasteiger partial charge in [0.25, 0.3) is 0 Å². The van der Waals surface area contributed by atoms with E-state index in [4.69, 9.17) is 4.74 Å². The maximum absolute atomic E-state index is 11.5. The van der Waals surface area contributed by atoms with Crippen LogP contribution >= 0.6 is 0 Å². The molecule has 0 bridgehead atoms. The Morgan fingerprint density at radius 2 is 2.10 bits per heavy atom. The smallest absolute Gasteiger partial charge is 0.308 e. The zero-order chi connectivity index (χ0) is 14.1. The second-order valence-corrected chi connectivity index (χ2v) is 4.87. The molecule has 20 heavy (non-hydrogen) atoms. The average molecular weight is 276 g/mol. The summed E-state index contributed by atoms with van der Waals surface area (Å²) in [4.78, 5) is 22.2. The molecule has 0 unspecified atom stereocenters. The van der Waals surface area contributed by atoms with Crippen molar-refractivity contribution < 1.29 is 9.53 Å². The molecule has 1 saturated heterocycles. The van der Waals surface area contributed by atoms with E-state index in [1.807, 2.05) is 0 Å². The first-order chi connectivity index (χ1) is 9.70. The van der Waals surface area contributed by atoms with Crippen LogP contribution in [0.3, 0.4) is 0 Å². The van der Waals surface area contributed by atoms with Crippen LogP contribution in [-0.4, -0.2) is 51.1 Å². The summed E-state index contributed by atoms with van der Waals surface area (Å²) in [7, 11) is 3.23. The second kappa shape index (κ2) is 5.03. The molecule has 0 saturated carbocycles. The van der Waals surface area contributed by atoms with Crippen LogP contribution in [0.1, 0.15) is 12.8 Å². The summed E-state index contributed by atoms with van der Waals surface area (Å²) in [6.45, 7) is 1.50. The van der Waals surface area contributed by atoms with E-state index in [9.17, 15) is 4.79 Å². The van der Waals surface area contributed by atoms with Crippen LogP contribution in [0.5, 0.6) is 0 Å². The van der Waals surface area contributed by atoms with Crippen molar-refractivity contribution in [2.75, 3.05) is 25.1 Å². The van der Waals surface area contributed by atoms with E-state index in [1.165, 1.54) is 13.4 Å². The minimum Gasteiger partial charge on any atom is -0.469 e. The van der Waals surface area contributed by atoms with Gasteiger partial charge in [-0.25, -0.2) is 14.6 Å². The van der Waals surface area contributed by atoms with Crippen LogP contribution in [0.4, 0.5) is 5.82 Å². The van der Waals surface area contributed by atoms with Gasteiger partial charge in [0.2, 0.25) is 0 Å². The fourth-order valence-electron chi connectivity index (χ4n) is 2.57. The predicted molar refractivity (Wildman–Crippen MR) is 71.1 cm³/mol. The van der Waals surface area contributed by atoms with E-state index in [0.717, 1.165) is 31.7 Å². The van der Waals surface area contributed by atoms with Crippen LogP contribution in [0.2, 0.25) is 0 Å². The first-order valence-corrected chi connectivity index (χ1v) is 6.54. The molecule has 0 aromatic carbocycles. The highest BCUT2D eigenvalue weighted by molar-refractivity contribution is 5.82. The molecule has 0 aliphatic carbocycles. The first-order valence-electron chi connectivity index (χ1n) is 6.54. The lowest BCUT2D eigenvalue weighted by molar-refractivity contribution is -0.146. The van der Waals surface area contributed by atoms with Gasteiger partial charge in [0.05, 0.1) is 13.0 Å². The number of rotatable bonds is 2. The number of aromatic nitrogens is 5. The Kier molecular flexibility index (Phi) is 3.21. The third-order valence-electron chi connectivity index (χ3n) is 3.70. The normalized spacial score (nSPS) is 16.6. The minimum absolute atomic E-state index is 0.0181. The minimum atomic E-state index is -0.128. The molecule has 0 amide bonds. The Morgan fingerprint density at radius 3 is 2.80 bits per heavy atom. The van der Waals surface area contributed by atoms with E-state index in [-0.39, 0.29) is 11.9 Å². The Hall–Kier alpha value is -2.25. The summed E-state index contributed by atoms with van der Waals surface area (Å²) in [5.41, 5.74) is 1.41. The monoisotopic (exact) mass is 276 g/mol. The predicted octanol–water partition coefficient (Wildman–Crippen LogP) is 0.148. The van der Waals surface area contributed by atoms with Gasteiger partial charge in [-0.15, -0.1) is 5.10 Å². The molecule has 0 atom stereocenters. The van der Waals surface area contributed by atoms with E-state index in [2.05, 4.69) is 25.2 Å². The number of hydrogen-bond donors (Lipinski definition) is 0. The van der Waals surface area contributed by atoms with Gasteiger partial charge in [-0.1, -0.05) is 5.21 Å². The summed E-state index contributed by atoms with van der Waals surface area (Å²) >= 11 is 0. The molecular formula is C12H16N6O2. The fourth-order valence-corrected chi connectivity index (χ4v) is 2.57. The molecule has 0 spiro atoms. The Morgan fingerprint density at radius 1 is 1.35 bits per heavy atom. The van der Waals surface area contributed by atoms with Crippen molar-refractivity contribution in [1.29, 1.82) is 0 Å². The Bertz CT molecular complexity index is 632. The summed E-state index contributed by atoms with van der Waals surface area (Å²) < 4.78 is 6.42. The summed E-state index contributed by atoms with van der Waals surface area (Å²) in [5, 5.41) is 8.09. The van der Waals surface area contributed by atoms with Crippen molar-refractivity contribution in [3.05, 3.63) is 6.33 Å². The van der Waals surface area contributed by atoms with Gasteiger partial charge in [-0.2, -0.15) is 0 Å². The van der Waals surface area contributed by atoms with Crippen LogP contribution in [0.25, 0.3) is 11.2 Å². The maximum Gasteiger partial charge on any atom is 0.308 e. The summed E-state index contributed by atoms with van der Waals surface area (Å²) in [6.07, 6.45) is 3.05. The van der Waals surface area contributed by atoms with Gasteiger partial charge in [-0.3, -0.25) is 4.79 Å². The number of esters is 1. The second-order valence-electron chi connectivity index (χ2n) is 4.87. The third-order valence-corrected chi connectivity index (χ3v) is 3.70. The van der Waals surface area contributed by atoms with E-state index in [1.54, 1.807) is 11.7 Å². The van der Waals surface area contributed by atoms with Gasteiger partial charge >= 0.3 is 5.97 Å². The number of carbonyl (C=O) groups excluding carboxylic acids is 1. The van der Waals surface area contributed by atoms with Crippen LogP contribution in [0.15, 0.2) is 6.33 Å². The fraction of sp³-hybridized carbons (Fsp3) is 0.583. The zero-order valence-electron chi connectivity index (χ0n) is 11.5. The van der Waals surface area contributed by atoms with E-state index in [0.29, 0.717) is 11.2 Å². The lowest BCUT2D eigenvalue weighted by Gasteiger charge is -2.31. The molecule has 1 aliphatic heterocycles. The molecule has 3 heterocycles. The Labute approximate surface area is 115 Å². The number of fused-ring (bicyclic) bond motifs is 1. The standard InChI is InChI=1S/C12H16N6O2/c1-17-10-9(15-16-17)11(14-7-13-10)18-5-3-8(4-6-18)12(19)20-2/h7-8H,3-6H2,1-2H3. The van der Waals surface area contributed by atoms with Crippen molar-refractivity contribution in [3.63, 3.8) is 0 Å². The van der Waals surface area contributed by atoms with Gasteiger partial charge in [0, 0.05) is 20.1 Å². The number of aryl methyl sites for hydroxylation is 1. The SMILES string of the molecule is COC(=O)C1CCN(c2ncnc3c2nnn3C)CC1. The number of carbonyl (C=O) groups is 1. The number of nitrogens with zero attached hydrogens (tertiary/aromatic N) is 6. The summed E-state index contributed by atoms with van der Waals surface area (Å²) in [6, 6.07) is 0. The molecule has 2 aromatic heterocycles. The number of methoxy groups -OCH3 is 1. The van der Waals surface area contributed by atoms with Crippen molar-refractivity contribution in [2.24, 2.45) is 13.0 Å². The molecule has 0 radical (unpaired) electrons. The van der Waals surface area contributed by atoms with Gasteiger partial charge in [0.15, 0.2) is 17.0 Å². The zero-order valence-corrected chi connectivity index (χ0v) is 11.5. The van der Waals surface area contributed by atoms with E-state index < -0.39 is 0 Å². The van der Waals surface area contributed by atoms with Crippen molar-refractivity contribution in [2.45, 2.75) is 12.8 Å². The van der Waals surface area contributed by atoms with Gasteiger partial charge < -0.3 is 9.64 Å². The van der Waals surface area contributed by atoms with Crippen molar-refractivity contribution >= 4 is 23.0 Å². The van der Waals surface area contributed by atoms with Gasteiger partial charge in [0.1, 0.15) is 6.33 Å². The molecule has 2 aromatic rings. The molecule has 8 heteroatoms. The quantitative estimate of drug-likeness (QED) is 0.721. The average Bonchev–Trinajstić information content (AvgIpc) is 2.88. The molecule has 1 aliphatic rings. The first kappa shape index (κ1) is 12.8. The lowest BCUT2D eigenvalue weighted by Crippen LogP contribution is -2.37. The van der Waals surface area contributed by atoms with E-state index >= 15 is 0 Å². The molecule has 0 N–H and O–H groups in total. The molecule has 1 fully saturated rings. The summed E-state index contributed by atoms with van der Waals surface area (Å²) in [5.74, 6) is 0.638. The molecule has 8 nitrogen and oxygen atoms in total. The third kappa shape index (κ3) is 2.06. The highest BCUT2D eigenvalue weighted by atomic mass is 16.5. The van der Waals surface area contributed by atoms with Crippen LogP contribution in [0, 0.1) is 5.92 Å². The number of hydrogen-bond acceptors (Lipinski definition) is 7. The lowest BCUT2D eigenvalue weighted by atomic mass is 9.97. The van der Waals surface area contributed by atoms with Crippen molar-refractivity contribution in [1.82, 2.24) is 25.0 Å². The topological polar surface area (TPSA) is 86.0 Å². The number of ether oxygens (including phenoxy) is 1. The molecular weight excluding hydrogens is 260 g/mol. The van der Waals surface area contributed by atoms with Crippen LogP contribution < -0.4 is 4.90 Å². The number of piperidine rings is 1. The van der Waals surface area contributed by atoms with Crippen LogP contribution in [-0.2, 0) is 16.6 Å². The number of anilines is 1. The maximum atomic E-state index is 11.5. The highest BCUT2D eigenvalue weighted by Gasteiger charge is 2.27. The largest absolute Gasteiger partial charge is 0.469 e. The van der Waals surface area contributed by atoms with Crippen molar-refractivity contribution in [3.8, 4) is 0 Å². The molecule has 106 valence electrons. The highest BCUT2D eigenvalue weighted by Crippen LogP contribution is 2.26. The Balaban J connectivity index is 1.82.